The standard InChI is InChI=1S/C9H10F3NO/c10-9(11,12)14-6-8(13)7-4-2-1-3-5-7/h1-5,8H,6,13H2. The number of ether oxygens (including phenoxy) is 1. The van der Waals surface area contributed by atoms with Crippen LogP contribution in [-0.4, -0.2) is 13.0 Å². The average molecular weight is 205 g/mol. The smallest absolute Gasteiger partial charge is 0.322 e. The van der Waals surface area contributed by atoms with Gasteiger partial charge in [0.1, 0.15) is 0 Å². The third-order valence-electron chi connectivity index (χ3n) is 1.65. The van der Waals surface area contributed by atoms with E-state index in [1.807, 2.05) is 0 Å². The molecule has 0 heterocycles. The van der Waals surface area contributed by atoms with Gasteiger partial charge in [-0.15, -0.1) is 13.2 Å². The second kappa shape index (κ2) is 4.43. The van der Waals surface area contributed by atoms with Crippen molar-refractivity contribution < 1.29 is 17.9 Å². The molecule has 1 rings (SSSR count). The van der Waals surface area contributed by atoms with Crippen molar-refractivity contribution in [3.05, 3.63) is 35.9 Å². The molecule has 1 aromatic rings. The fraction of sp³-hybridized carbons (Fsp3) is 0.333. The summed E-state index contributed by atoms with van der Waals surface area (Å²) in [5, 5.41) is 0. The van der Waals surface area contributed by atoms with Crippen LogP contribution in [0, 0.1) is 0 Å². The minimum absolute atomic E-state index is 0.562. The maximum atomic E-state index is 11.7. The third-order valence-corrected chi connectivity index (χ3v) is 1.65. The zero-order valence-electron chi connectivity index (χ0n) is 7.29. The Labute approximate surface area is 79.5 Å². The zero-order chi connectivity index (χ0) is 10.6. The van der Waals surface area contributed by atoms with Crippen molar-refractivity contribution >= 4 is 0 Å². The van der Waals surface area contributed by atoms with Gasteiger partial charge in [0.15, 0.2) is 0 Å². The summed E-state index contributed by atoms with van der Waals surface area (Å²) < 4.78 is 38.6. The lowest BCUT2D eigenvalue weighted by Gasteiger charge is -2.13. The van der Waals surface area contributed by atoms with Crippen LogP contribution in [0.2, 0.25) is 0 Å². The molecule has 0 saturated heterocycles. The van der Waals surface area contributed by atoms with E-state index in [-0.39, 0.29) is 0 Å². The van der Waals surface area contributed by atoms with Crippen LogP contribution in [0.15, 0.2) is 30.3 Å². The molecule has 2 nitrogen and oxygen atoms in total. The van der Waals surface area contributed by atoms with Gasteiger partial charge in [0.2, 0.25) is 0 Å². The topological polar surface area (TPSA) is 35.2 Å². The lowest BCUT2D eigenvalue weighted by atomic mass is 10.1. The van der Waals surface area contributed by atoms with E-state index >= 15 is 0 Å². The number of rotatable bonds is 3. The van der Waals surface area contributed by atoms with Crippen LogP contribution in [0.3, 0.4) is 0 Å². The van der Waals surface area contributed by atoms with Crippen LogP contribution < -0.4 is 5.73 Å². The summed E-state index contributed by atoms with van der Waals surface area (Å²) in [5.74, 6) is 0. The summed E-state index contributed by atoms with van der Waals surface area (Å²) in [6.07, 6.45) is -4.62. The SMILES string of the molecule is NC(COC(F)(F)F)c1ccccc1. The van der Waals surface area contributed by atoms with Gasteiger partial charge < -0.3 is 5.73 Å². The van der Waals surface area contributed by atoms with Gasteiger partial charge in [-0.1, -0.05) is 30.3 Å². The summed E-state index contributed by atoms with van der Waals surface area (Å²) in [7, 11) is 0. The fourth-order valence-corrected chi connectivity index (χ4v) is 0.981. The molecule has 0 spiro atoms. The molecule has 0 amide bonds. The zero-order valence-corrected chi connectivity index (χ0v) is 7.29. The van der Waals surface area contributed by atoms with Crippen molar-refractivity contribution in [3.8, 4) is 0 Å². The summed E-state index contributed by atoms with van der Waals surface area (Å²) in [6, 6.07) is 7.75. The highest BCUT2D eigenvalue weighted by Gasteiger charge is 2.29. The fourth-order valence-electron chi connectivity index (χ4n) is 0.981. The number of alkyl halides is 3. The summed E-state index contributed by atoms with van der Waals surface area (Å²) in [4.78, 5) is 0. The number of hydrogen-bond acceptors (Lipinski definition) is 2. The highest BCUT2D eigenvalue weighted by atomic mass is 19.4. The van der Waals surface area contributed by atoms with E-state index in [9.17, 15) is 13.2 Å². The van der Waals surface area contributed by atoms with E-state index in [1.54, 1.807) is 30.3 Å². The lowest BCUT2D eigenvalue weighted by Crippen LogP contribution is -2.23. The molecule has 78 valence electrons. The molecule has 0 fully saturated rings. The molecule has 2 N–H and O–H groups in total. The molecule has 0 aliphatic carbocycles. The van der Waals surface area contributed by atoms with Crippen molar-refractivity contribution in [2.24, 2.45) is 5.73 Å². The second-order valence-corrected chi connectivity index (χ2v) is 2.77. The Morgan fingerprint density at radius 1 is 1.21 bits per heavy atom. The first-order valence-corrected chi connectivity index (χ1v) is 4.00. The molecule has 1 unspecified atom stereocenters. The third kappa shape index (κ3) is 3.76. The first-order valence-electron chi connectivity index (χ1n) is 4.00. The molecule has 5 heteroatoms. The Morgan fingerprint density at radius 2 is 1.79 bits per heavy atom. The number of hydrogen-bond donors (Lipinski definition) is 1. The summed E-state index contributed by atoms with van der Waals surface area (Å²) in [5.41, 5.74) is 6.10. The normalized spacial score (nSPS) is 14.0. The van der Waals surface area contributed by atoms with Crippen LogP contribution in [0.25, 0.3) is 0 Å². The minimum atomic E-state index is -4.62. The van der Waals surface area contributed by atoms with Gasteiger partial charge in [-0.05, 0) is 5.56 Å². The predicted molar refractivity (Wildman–Crippen MR) is 45.4 cm³/mol. The van der Waals surface area contributed by atoms with Crippen molar-refractivity contribution in [2.75, 3.05) is 6.61 Å². The molecule has 0 aliphatic rings. The molecule has 0 bridgehead atoms. The summed E-state index contributed by atoms with van der Waals surface area (Å²) >= 11 is 0. The molecular weight excluding hydrogens is 195 g/mol. The van der Waals surface area contributed by atoms with Gasteiger partial charge in [0, 0.05) is 0 Å². The van der Waals surface area contributed by atoms with Gasteiger partial charge in [-0.25, -0.2) is 0 Å². The van der Waals surface area contributed by atoms with E-state index in [0.29, 0.717) is 5.56 Å². The van der Waals surface area contributed by atoms with Crippen molar-refractivity contribution in [1.82, 2.24) is 0 Å². The number of nitrogens with two attached hydrogens (primary N) is 1. The van der Waals surface area contributed by atoms with Gasteiger partial charge >= 0.3 is 6.36 Å². The molecule has 1 aromatic carbocycles. The second-order valence-electron chi connectivity index (χ2n) is 2.77. The summed E-state index contributed by atoms with van der Waals surface area (Å²) in [6.45, 7) is -0.562. The van der Waals surface area contributed by atoms with Crippen LogP contribution in [0.5, 0.6) is 0 Å². The van der Waals surface area contributed by atoms with Gasteiger partial charge in [-0.3, -0.25) is 4.74 Å². The van der Waals surface area contributed by atoms with E-state index in [0.717, 1.165) is 0 Å². The van der Waals surface area contributed by atoms with Crippen molar-refractivity contribution in [1.29, 1.82) is 0 Å². The number of halogens is 3. The molecule has 0 aliphatic heterocycles. The highest BCUT2D eigenvalue weighted by molar-refractivity contribution is 5.18. The van der Waals surface area contributed by atoms with Crippen LogP contribution >= 0.6 is 0 Å². The highest BCUT2D eigenvalue weighted by Crippen LogP contribution is 2.19. The molecule has 0 saturated carbocycles. The first-order chi connectivity index (χ1) is 6.49. The van der Waals surface area contributed by atoms with Crippen molar-refractivity contribution in [3.63, 3.8) is 0 Å². The minimum Gasteiger partial charge on any atom is -0.322 e. The van der Waals surface area contributed by atoms with E-state index < -0.39 is 19.0 Å². The monoisotopic (exact) mass is 205 g/mol. The van der Waals surface area contributed by atoms with E-state index in [1.165, 1.54) is 0 Å². The molecular formula is C9H10F3NO. The Kier molecular flexibility index (Phi) is 3.49. The Balaban J connectivity index is 2.48. The lowest BCUT2D eigenvalue weighted by molar-refractivity contribution is -0.326. The first kappa shape index (κ1) is 11.0. The van der Waals surface area contributed by atoms with Crippen LogP contribution in [-0.2, 0) is 4.74 Å². The maximum Gasteiger partial charge on any atom is 0.522 e. The van der Waals surface area contributed by atoms with Gasteiger partial charge in [-0.2, -0.15) is 0 Å². The number of benzene rings is 1. The van der Waals surface area contributed by atoms with E-state index in [4.69, 9.17) is 5.73 Å². The Morgan fingerprint density at radius 3 is 2.29 bits per heavy atom. The Hall–Kier alpha value is -1.07. The molecule has 14 heavy (non-hydrogen) atoms. The quantitative estimate of drug-likeness (QED) is 0.821. The van der Waals surface area contributed by atoms with E-state index in [2.05, 4.69) is 4.74 Å². The van der Waals surface area contributed by atoms with Crippen molar-refractivity contribution in [2.45, 2.75) is 12.4 Å². The average Bonchev–Trinajstić information content (AvgIpc) is 2.14. The van der Waals surface area contributed by atoms with Gasteiger partial charge in [0.25, 0.3) is 0 Å². The molecule has 0 aromatic heterocycles. The van der Waals surface area contributed by atoms with Gasteiger partial charge in [0.05, 0.1) is 12.6 Å². The van der Waals surface area contributed by atoms with Crippen LogP contribution in [0.4, 0.5) is 13.2 Å². The largest absolute Gasteiger partial charge is 0.522 e. The Bertz CT molecular complexity index is 273. The molecule has 1 atom stereocenters. The predicted octanol–water partition coefficient (Wildman–Crippen LogP) is 2.22. The maximum absolute atomic E-state index is 11.7. The molecule has 0 radical (unpaired) electrons. The van der Waals surface area contributed by atoms with Crippen LogP contribution in [0.1, 0.15) is 11.6 Å².